The van der Waals surface area contributed by atoms with Gasteiger partial charge in [-0.1, -0.05) is 13.8 Å². The summed E-state index contributed by atoms with van der Waals surface area (Å²) in [4.78, 5) is 7.81. The van der Waals surface area contributed by atoms with E-state index in [1.165, 1.54) is 6.26 Å². The van der Waals surface area contributed by atoms with Crippen LogP contribution in [0.2, 0.25) is 0 Å². The molecule has 0 radical (unpaired) electrons. The summed E-state index contributed by atoms with van der Waals surface area (Å²) in [6.45, 7) is 4.01. The first kappa shape index (κ1) is 14.4. The van der Waals surface area contributed by atoms with E-state index in [1.54, 1.807) is 17.1 Å². The zero-order valence-corrected chi connectivity index (χ0v) is 10.9. The van der Waals surface area contributed by atoms with Crippen LogP contribution in [-0.4, -0.2) is 24.7 Å². The van der Waals surface area contributed by atoms with Gasteiger partial charge >= 0.3 is 0 Å². The van der Waals surface area contributed by atoms with Crippen LogP contribution < -0.4 is 0 Å². The minimum atomic E-state index is -0.0454. The Morgan fingerprint density at radius 2 is 2.06 bits per heavy atom. The third kappa shape index (κ3) is 3.97. The molecule has 0 unspecified atom stereocenters. The average molecular weight is 253 g/mol. The number of oxazole rings is 1. The van der Waals surface area contributed by atoms with Gasteiger partial charge in [-0.15, -0.1) is 0 Å². The monoisotopic (exact) mass is 253 g/mol. The first-order valence-corrected chi connectivity index (χ1v) is 5.69. The Labute approximate surface area is 106 Å². The molecule has 0 spiro atoms. The van der Waals surface area contributed by atoms with Crippen molar-refractivity contribution >= 4 is 0 Å². The molecule has 0 atom stereocenters. The molecule has 100 valence electrons. The van der Waals surface area contributed by atoms with Crippen molar-refractivity contribution < 1.29 is 14.6 Å². The minimum absolute atomic E-state index is 0.0454. The molecule has 0 bridgehead atoms. The fourth-order valence-corrected chi connectivity index (χ4v) is 1.20. The van der Waals surface area contributed by atoms with E-state index in [9.17, 15) is 0 Å². The molecule has 2 aromatic rings. The Balaban J connectivity index is 0.000000184. The Morgan fingerprint density at radius 1 is 1.33 bits per heavy atom. The van der Waals surface area contributed by atoms with Crippen molar-refractivity contribution in [2.45, 2.75) is 33.0 Å². The van der Waals surface area contributed by atoms with Crippen LogP contribution in [0.1, 0.15) is 37.0 Å². The summed E-state index contributed by atoms with van der Waals surface area (Å²) >= 11 is 0. The largest absolute Gasteiger partial charge is 0.448 e. The average Bonchev–Trinajstić information content (AvgIpc) is 2.97. The Morgan fingerprint density at radius 3 is 2.33 bits per heavy atom. The number of aliphatic hydroxyl groups is 2. The number of hydrogen-bond acceptors (Lipinski definition) is 5. The van der Waals surface area contributed by atoms with Gasteiger partial charge < -0.3 is 19.2 Å². The van der Waals surface area contributed by atoms with Crippen molar-refractivity contribution in [1.29, 1.82) is 0 Å². The molecule has 0 aromatic carbocycles. The summed E-state index contributed by atoms with van der Waals surface area (Å²) in [5.41, 5.74) is 1.44. The van der Waals surface area contributed by atoms with E-state index in [0.29, 0.717) is 17.5 Å². The molecule has 2 N–H and O–H groups in total. The molecule has 0 amide bonds. The lowest BCUT2D eigenvalue weighted by atomic mass is 10.2. The zero-order chi connectivity index (χ0) is 13.5. The highest BCUT2D eigenvalue weighted by Gasteiger charge is 2.05. The molecule has 0 fully saturated rings. The van der Waals surface area contributed by atoms with E-state index in [0.717, 1.165) is 5.69 Å². The third-order valence-electron chi connectivity index (χ3n) is 2.30. The molecule has 18 heavy (non-hydrogen) atoms. The van der Waals surface area contributed by atoms with Gasteiger partial charge in [-0.2, -0.15) is 0 Å². The Bertz CT molecular complexity index is 463. The summed E-state index contributed by atoms with van der Waals surface area (Å²) in [7, 11) is 1.85. The maximum absolute atomic E-state index is 8.61. The number of aromatic nitrogens is 3. The second-order valence-electron chi connectivity index (χ2n) is 4.14. The molecular weight excluding hydrogens is 234 g/mol. The lowest BCUT2D eigenvalue weighted by Gasteiger charge is -1.93. The molecule has 6 nitrogen and oxygen atoms in total. The van der Waals surface area contributed by atoms with Gasteiger partial charge in [0, 0.05) is 13.0 Å². The van der Waals surface area contributed by atoms with E-state index >= 15 is 0 Å². The quantitative estimate of drug-likeness (QED) is 0.858. The highest BCUT2D eigenvalue weighted by Crippen LogP contribution is 2.12. The van der Waals surface area contributed by atoms with Crippen LogP contribution in [0.3, 0.4) is 0 Å². The van der Waals surface area contributed by atoms with Crippen molar-refractivity contribution in [3.05, 3.63) is 36.1 Å². The van der Waals surface area contributed by atoms with E-state index in [-0.39, 0.29) is 13.2 Å². The van der Waals surface area contributed by atoms with Gasteiger partial charge in [0.15, 0.2) is 5.89 Å². The predicted octanol–water partition coefficient (Wildman–Crippen LogP) is 1.20. The summed E-state index contributed by atoms with van der Waals surface area (Å²) in [5.74, 6) is 0.976. The van der Waals surface area contributed by atoms with Crippen LogP contribution in [-0.2, 0) is 20.3 Å². The number of aliphatic hydroxyl groups excluding tert-OH is 2. The molecule has 2 rings (SSSR count). The number of imidazole rings is 1. The number of aryl methyl sites for hydroxylation is 1. The van der Waals surface area contributed by atoms with Crippen LogP contribution in [0.5, 0.6) is 0 Å². The van der Waals surface area contributed by atoms with E-state index < -0.39 is 0 Å². The van der Waals surface area contributed by atoms with Crippen molar-refractivity contribution in [3.63, 3.8) is 0 Å². The van der Waals surface area contributed by atoms with Crippen LogP contribution in [0, 0.1) is 0 Å². The highest BCUT2D eigenvalue weighted by molar-refractivity contribution is 4.97. The summed E-state index contributed by atoms with van der Waals surface area (Å²) in [6.07, 6.45) is 4.78. The van der Waals surface area contributed by atoms with Gasteiger partial charge in [-0.3, -0.25) is 0 Å². The van der Waals surface area contributed by atoms with Crippen molar-refractivity contribution in [2.75, 3.05) is 0 Å². The van der Waals surface area contributed by atoms with Crippen LogP contribution >= 0.6 is 0 Å². The maximum atomic E-state index is 8.61. The van der Waals surface area contributed by atoms with E-state index in [1.807, 2.05) is 20.9 Å². The van der Waals surface area contributed by atoms with Gasteiger partial charge in [-0.25, -0.2) is 9.97 Å². The molecule has 2 heterocycles. The molecule has 0 aliphatic rings. The van der Waals surface area contributed by atoms with Crippen molar-refractivity contribution in [3.8, 4) is 0 Å². The van der Waals surface area contributed by atoms with Gasteiger partial charge in [0.05, 0.1) is 31.4 Å². The smallest absolute Gasteiger partial charge is 0.196 e. The molecular formula is C12H19N3O3. The second-order valence-corrected chi connectivity index (χ2v) is 4.14. The summed E-state index contributed by atoms with van der Waals surface area (Å²) in [5, 5.41) is 17.2. The molecule has 2 aromatic heterocycles. The van der Waals surface area contributed by atoms with Crippen LogP contribution in [0.4, 0.5) is 0 Å². The first-order chi connectivity index (χ1) is 8.58. The number of nitrogens with zero attached hydrogens (tertiary/aromatic N) is 3. The fourth-order valence-electron chi connectivity index (χ4n) is 1.20. The van der Waals surface area contributed by atoms with Crippen LogP contribution in [0.25, 0.3) is 0 Å². The SMILES string of the molecule is CC(C)c1nc(CO)co1.Cn1cncc1CO. The van der Waals surface area contributed by atoms with Gasteiger partial charge in [-0.05, 0) is 0 Å². The highest BCUT2D eigenvalue weighted by atomic mass is 16.3. The van der Waals surface area contributed by atoms with Crippen molar-refractivity contribution in [2.24, 2.45) is 7.05 Å². The maximum Gasteiger partial charge on any atom is 0.196 e. The predicted molar refractivity (Wildman–Crippen MR) is 65.6 cm³/mol. The topological polar surface area (TPSA) is 84.3 Å². The second kappa shape index (κ2) is 6.93. The van der Waals surface area contributed by atoms with Crippen LogP contribution in [0.15, 0.2) is 23.2 Å². The molecule has 0 saturated heterocycles. The Kier molecular flexibility index (Phi) is 5.54. The molecule has 6 heteroatoms. The zero-order valence-electron chi connectivity index (χ0n) is 10.9. The van der Waals surface area contributed by atoms with Gasteiger partial charge in [0.2, 0.25) is 0 Å². The first-order valence-electron chi connectivity index (χ1n) is 5.69. The van der Waals surface area contributed by atoms with Gasteiger partial charge in [0.1, 0.15) is 12.0 Å². The molecule has 0 saturated carbocycles. The normalized spacial score (nSPS) is 10.3. The number of hydrogen-bond donors (Lipinski definition) is 2. The minimum Gasteiger partial charge on any atom is -0.448 e. The molecule has 0 aliphatic carbocycles. The lowest BCUT2D eigenvalue weighted by Crippen LogP contribution is -1.92. The van der Waals surface area contributed by atoms with Gasteiger partial charge in [0.25, 0.3) is 0 Å². The third-order valence-corrected chi connectivity index (χ3v) is 2.30. The Hall–Kier alpha value is -1.66. The van der Waals surface area contributed by atoms with E-state index in [2.05, 4.69) is 9.97 Å². The van der Waals surface area contributed by atoms with E-state index in [4.69, 9.17) is 14.6 Å². The number of rotatable bonds is 3. The summed E-state index contributed by atoms with van der Waals surface area (Å²) in [6, 6.07) is 0. The standard InChI is InChI=1S/C7H11NO2.C5H8N2O/c1-5(2)7-8-6(3-9)4-10-7;1-7-4-6-2-5(7)3-8/h4-5,9H,3H2,1-2H3;2,4,8H,3H2,1H3. The lowest BCUT2D eigenvalue weighted by molar-refractivity contribution is 0.272. The summed E-state index contributed by atoms with van der Waals surface area (Å²) < 4.78 is 6.82. The van der Waals surface area contributed by atoms with Crippen molar-refractivity contribution in [1.82, 2.24) is 14.5 Å². The fraction of sp³-hybridized carbons (Fsp3) is 0.500. The molecule has 0 aliphatic heterocycles.